The van der Waals surface area contributed by atoms with E-state index >= 15 is 0 Å². The summed E-state index contributed by atoms with van der Waals surface area (Å²) in [6.45, 7) is 5.23. The van der Waals surface area contributed by atoms with E-state index in [0.29, 0.717) is 24.3 Å². The van der Waals surface area contributed by atoms with Gasteiger partial charge in [-0.3, -0.25) is 9.69 Å². The Morgan fingerprint density at radius 3 is 2.89 bits per heavy atom. The quantitative estimate of drug-likeness (QED) is 0.841. The average Bonchev–Trinajstić information content (AvgIpc) is 2.66. The number of anilines is 1. The minimum Gasteiger partial charge on any atom is -0.310 e. The molecule has 27 heavy (non-hydrogen) atoms. The number of benzene rings is 1. The lowest BCUT2D eigenvalue weighted by atomic mass is 9.93. The highest BCUT2D eigenvalue weighted by molar-refractivity contribution is 5.92. The first-order chi connectivity index (χ1) is 13.0. The number of halogens is 2. The zero-order valence-electron chi connectivity index (χ0n) is 15.7. The van der Waals surface area contributed by atoms with Crippen LogP contribution in [0.5, 0.6) is 0 Å². The zero-order valence-corrected chi connectivity index (χ0v) is 15.7. The number of pyridine rings is 1. The Morgan fingerprint density at radius 2 is 2.19 bits per heavy atom. The fourth-order valence-electron chi connectivity index (χ4n) is 3.79. The second-order valence-corrected chi connectivity index (χ2v) is 7.08. The summed E-state index contributed by atoms with van der Waals surface area (Å²) in [6.07, 6.45) is 3.99. The number of likely N-dealkylation sites (tertiary alicyclic amines) is 1. The van der Waals surface area contributed by atoms with Crippen LogP contribution in [0.3, 0.4) is 0 Å². The van der Waals surface area contributed by atoms with E-state index in [1.54, 1.807) is 6.20 Å². The number of hydrogen-bond acceptors (Lipinski definition) is 3. The van der Waals surface area contributed by atoms with E-state index in [0.717, 1.165) is 31.0 Å². The number of amides is 1. The fraction of sp³-hybridized carbons (Fsp3) is 0.429. The molecule has 0 bridgehead atoms. The number of carbonyl (C=O) groups excluding carboxylic acids is 1. The molecular weight excluding hydrogens is 348 g/mol. The lowest BCUT2D eigenvalue weighted by Crippen LogP contribution is -2.42. The summed E-state index contributed by atoms with van der Waals surface area (Å²) in [6, 6.07) is 7.30. The molecule has 1 amide bonds. The summed E-state index contributed by atoms with van der Waals surface area (Å²) < 4.78 is 27.5. The van der Waals surface area contributed by atoms with Crippen molar-refractivity contribution in [2.75, 3.05) is 18.4 Å². The van der Waals surface area contributed by atoms with Crippen LogP contribution in [0.25, 0.3) is 0 Å². The molecule has 1 N–H and O–H groups in total. The molecule has 2 atom stereocenters. The minimum absolute atomic E-state index is 0.0593. The lowest BCUT2D eigenvalue weighted by molar-refractivity contribution is -0.121. The predicted molar refractivity (Wildman–Crippen MR) is 101 cm³/mol. The van der Waals surface area contributed by atoms with Gasteiger partial charge in [-0.25, -0.2) is 13.8 Å². The molecule has 1 aromatic heterocycles. The van der Waals surface area contributed by atoms with Crippen molar-refractivity contribution in [1.29, 1.82) is 0 Å². The lowest BCUT2D eigenvalue weighted by Gasteiger charge is -2.37. The Bertz CT molecular complexity index is 812. The number of rotatable bonds is 5. The van der Waals surface area contributed by atoms with E-state index in [1.807, 2.05) is 26.0 Å². The Kier molecular flexibility index (Phi) is 6.16. The monoisotopic (exact) mass is 373 g/mol. The molecule has 2 heterocycles. The van der Waals surface area contributed by atoms with Crippen LogP contribution >= 0.6 is 0 Å². The van der Waals surface area contributed by atoms with Gasteiger partial charge in [0.15, 0.2) is 0 Å². The van der Waals surface area contributed by atoms with Crippen LogP contribution < -0.4 is 5.32 Å². The second kappa shape index (κ2) is 8.57. The summed E-state index contributed by atoms with van der Waals surface area (Å²) in [5, 5.41) is 2.92. The predicted octanol–water partition coefficient (Wildman–Crippen LogP) is 4.47. The zero-order chi connectivity index (χ0) is 19.4. The van der Waals surface area contributed by atoms with Crippen LogP contribution in [0.2, 0.25) is 0 Å². The summed E-state index contributed by atoms with van der Waals surface area (Å²) >= 11 is 0. The van der Waals surface area contributed by atoms with E-state index in [4.69, 9.17) is 0 Å². The van der Waals surface area contributed by atoms with Crippen molar-refractivity contribution in [3.63, 3.8) is 0 Å². The van der Waals surface area contributed by atoms with Gasteiger partial charge < -0.3 is 5.32 Å². The Hall–Kier alpha value is -2.34. The van der Waals surface area contributed by atoms with Gasteiger partial charge in [0.25, 0.3) is 0 Å². The smallest absolute Gasteiger partial charge is 0.229 e. The maximum Gasteiger partial charge on any atom is 0.229 e. The molecule has 0 aliphatic carbocycles. The van der Waals surface area contributed by atoms with Crippen LogP contribution in [0.4, 0.5) is 14.6 Å². The van der Waals surface area contributed by atoms with Gasteiger partial charge in [-0.1, -0.05) is 19.1 Å². The highest BCUT2D eigenvalue weighted by atomic mass is 19.1. The maximum atomic E-state index is 14.3. The third kappa shape index (κ3) is 4.50. The molecule has 1 saturated heterocycles. The molecule has 0 saturated carbocycles. The van der Waals surface area contributed by atoms with Gasteiger partial charge in [-0.05, 0) is 50.4 Å². The molecule has 3 rings (SSSR count). The molecule has 2 aromatic rings. The van der Waals surface area contributed by atoms with Crippen LogP contribution in [-0.2, 0) is 4.79 Å². The van der Waals surface area contributed by atoms with E-state index in [1.165, 1.54) is 12.1 Å². The topological polar surface area (TPSA) is 45.2 Å². The molecule has 0 unspecified atom stereocenters. The number of carbonyl (C=O) groups is 1. The molecule has 144 valence electrons. The molecule has 1 aliphatic rings. The van der Waals surface area contributed by atoms with Gasteiger partial charge in [0, 0.05) is 30.4 Å². The first-order valence-corrected chi connectivity index (χ1v) is 9.41. The van der Waals surface area contributed by atoms with E-state index in [-0.39, 0.29) is 17.9 Å². The first-order valence-electron chi connectivity index (χ1n) is 9.41. The molecule has 0 spiro atoms. The van der Waals surface area contributed by atoms with Gasteiger partial charge in [0.1, 0.15) is 17.5 Å². The van der Waals surface area contributed by atoms with Crippen LogP contribution in [0, 0.1) is 24.5 Å². The van der Waals surface area contributed by atoms with Gasteiger partial charge in [-0.2, -0.15) is 0 Å². The first kappa shape index (κ1) is 19.4. The summed E-state index contributed by atoms with van der Waals surface area (Å²) in [7, 11) is 0. The van der Waals surface area contributed by atoms with Crippen molar-refractivity contribution in [3.05, 3.63) is 59.3 Å². The third-order valence-corrected chi connectivity index (χ3v) is 5.22. The van der Waals surface area contributed by atoms with Gasteiger partial charge >= 0.3 is 0 Å². The molecule has 1 fully saturated rings. The van der Waals surface area contributed by atoms with Crippen molar-refractivity contribution in [2.24, 2.45) is 5.92 Å². The number of piperidine rings is 1. The van der Waals surface area contributed by atoms with Crippen molar-refractivity contribution in [2.45, 2.75) is 39.2 Å². The highest BCUT2D eigenvalue weighted by Gasteiger charge is 2.31. The van der Waals surface area contributed by atoms with Crippen LogP contribution in [0.1, 0.15) is 43.4 Å². The maximum absolute atomic E-state index is 14.3. The molecule has 0 radical (unpaired) electrons. The van der Waals surface area contributed by atoms with Crippen LogP contribution in [-0.4, -0.2) is 28.9 Å². The number of nitrogens with zero attached hydrogens (tertiary/aromatic N) is 2. The minimum atomic E-state index is -0.576. The van der Waals surface area contributed by atoms with E-state index in [2.05, 4.69) is 15.2 Å². The number of aromatic nitrogens is 1. The summed E-state index contributed by atoms with van der Waals surface area (Å²) in [5.74, 6) is -0.768. The van der Waals surface area contributed by atoms with Crippen molar-refractivity contribution in [1.82, 2.24) is 9.88 Å². The average molecular weight is 373 g/mol. The number of nitrogens with one attached hydrogen (secondary N) is 1. The van der Waals surface area contributed by atoms with Gasteiger partial charge in [-0.15, -0.1) is 0 Å². The second-order valence-electron chi connectivity index (χ2n) is 7.08. The molecule has 6 heteroatoms. The Morgan fingerprint density at radius 1 is 1.37 bits per heavy atom. The Balaban J connectivity index is 1.72. The normalized spacial score (nSPS) is 18.9. The highest BCUT2D eigenvalue weighted by Crippen LogP contribution is 2.31. The molecule has 1 aliphatic heterocycles. The molecular formula is C21H25F2N3O. The third-order valence-electron chi connectivity index (χ3n) is 5.22. The molecule has 1 aromatic carbocycles. The SMILES string of the molecule is CC[C@@H](c1ccc(F)cc1F)N1CCC[C@@H](C(=O)Nc2ncccc2C)C1. The number of aryl methyl sites for hydroxylation is 1. The largest absolute Gasteiger partial charge is 0.310 e. The van der Waals surface area contributed by atoms with Crippen molar-refractivity contribution >= 4 is 11.7 Å². The van der Waals surface area contributed by atoms with Crippen molar-refractivity contribution < 1.29 is 13.6 Å². The van der Waals surface area contributed by atoms with Crippen molar-refractivity contribution in [3.8, 4) is 0 Å². The van der Waals surface area contributed by atoms with Gasteiger partial charge in [0.05, 0.1) is 5.92 Å². The van der Waals surface area contributed by atoms with E-state index < -0.39 is 11.6 Å². The molecule has 4 nitrogen and oxygen atoms in total. The van der Waals surface area contributed by atoms with Gasteiger partial charge in [0.2, 0.25) is 5.91 Å². The van der Waals surface area contributed by atoms with Crippen LogP contribution in [0.15, 0.2) is 36.5 Å². The fourth-order valence-corrected chi connectivity index (χ4v) is 3.79. The summed E-state index contributed by atoms with van der Waals surface area (Å²) in [4.78, 5) is 19.1. The van der Waals surface area contributed by atoms with E-state index in [9.17, 15) is 13.6 Å². The number of hydrogen-bond donors (Lipinski definition) is 1. The Labute approximate surface area is 158 Å². The summed E-state index contributed by atoms with van der Waals surface area (Å²) in [5.41, 5.74) is 1.40. The standard InChI is InChI=1S/C21H25F2N3O/c1-3-19(17-9-8-16(22)12-18(17)23)26-11-5-7-15(13-26)21(27)25-20-14(2)6-4-10-24-20/h4,6,8-10,12,15,19H,3,5,7,11,13H2,1-2H3,(H,24,25,27)/t15-,19+/m1/s1.